The van der Waals surface area contributed by atoms with Crippen LogP contribution in [0.3, 0.4) is 0 Å². The molecule has 7 nitrogen and oxygen atoms in total. The summed E-state index contributed by atoms with van der Waals surface area (Å²) in [6, 6.07) is 0. The van der Waals surface area contributed by atoms with Gasteiger partial charge >= 0.3 is 7.82 Å². The largest absolute Gasteiger partial charge is 0.472 e. The molecule has 1 saturated heterocycles. The van der Waals surface area contributed by atoms with Gasteiger partial charge in [-0.15, -0.1) is 0 Å². The Hall–Kier alpha value is -0.0800. The summed E-state index contributed by atoms with van der Waals surface area (Å²) in [5, 5.41) is 18.2. The molecule has 0 spiro atoms. The monoisotopic (exact) mass is 232 g/mol. The van der Waals surface area contributed by atoms with Crippen molar-refractivity contribution in [1.82, 2.24) is 0 Å². The minimum atomic E-state index is -4.83. The van der Waals surface area contributed by atoms with E-state index in [2.05, 4.69) is 9.26 Å². The first-order valence-corrected chi connectivity index (χ1v) is 5.19. The number of rotatable bonds is 3. The fourth-order valence-electron chi connectivity index (χ4n) is 1.06. The third-order valence-corrected chi connectivity index (χ3v) is 2.19. The van der Waals surface area contributed by atoms with Crippen LogP contribution in [0.25, 0.3) is 0 Å². The number of phosphoric ester groups is 1. The van der Waals surface area contributed by atoms with Crippen molar-refractivity contribution in [3.63, 3.8) is 0 Å². The van der Waals surface area contributed by atoms with Crippen molar-refractivity contribution < 1.29 is 38.2 Å². The van der Waals surface area contributed by atoms with E-state index in [0.717, 1.165) is 0 Å². The van der Waals surface area contributed by atoms with Gasteiger partial charge in [0, 0.05) is 0 Å². The summed E-state index contributed by atoms with van der Waals surface area (Å²) in [6.45, 7) is -1.08. The van der Waals surface area contributed by atoms with Gasteiger partial charge in [-0.2, -0.15) is 0 Å². The van der Waals surface area contributed by atoms with E-state index >= 15 is 0 Å². The lowest BCUT2D eigenvalue weighted by Crippen LogP contribution is -2.33. The van der Waals surface area contributed by atoms with Crippen LogP contribution >= 0.6 is 7.82 Å². The number of aliphatic hydroxyl groups is 2. The third-order valence-electron chi connectivity index (χ3n) is 1.71. The average Bonchev–Trinajstić information content (AvgIpc) is 2.30. The van der Waals surface area contributed by atoms with Crippen LogP contribution in [0.15, 0.2) is 0 Å². The quantitative estimate of drug-likeness (QED) is 0.438. The zero-order valence-corrected chi connectivity index (χ0v) is 7.75. The van der Waals surface area contributed by atoms with E-state index < -0.39 is 39.1 Å². The number of hydrogen-bond donors (Lipinski definition) is 4. The predicted octanol–water partition coefficient (Wildman–Crippen LogP) is -1.49. The van der Waals surface area contributed by atoms with Crippen LogP contribution in [0, 0.1) is 0 Å². The Labute approximate surface area is 78.3 Å². The van der Waals surface area contributed by atoms with Crippen LogP contribution in [0.1, 0.15) is 0 Å². The highest BCUT2D eigenvalue weighted by Gasteiger charge is 2.45. The van der Waals surface area contributed by atoms with Gasteiger partial charge in [0.1, 0.15) is 25.0 Å². The Morgan fingerprint density at radius 3 is 2.29 bits per heavy atom. The Bertz CT molecular complexity index is 242. The summed E-state index contributed by atoms with van der Waals surface area (Å²) in [6.07, 6.45) is -6.28. The van der Waals surface area contributed by atoms with Crippen LogP contribution in [-0.4, -0.2) is 51.3 Å². The Morgan fingerprint density at radius 1 is 1.36 bits per heavy atom. The van der Waals surface area contributed by atoms with Gasteiger partial charge in [-0.25, -0.2) is 8.96 Å². The molecule has 0 aromatic carbocycles. The molecular weight excluding hydrogens is 222 g/mol. The molecule has 9 heteroatoms. The molecule has 4 atom stereocenters. The van der Waals surface area contributed by atoms with Crippen LogP contribution < -0.4 is 0 Å². The van der Waals surface area contributed by atoms with Gasteiger partial charge < -0.3 is 24.7 Å². The SMILES string of the molecule is O=P(O)(O)OC1O[C@H](CF)[C@@H](O)[C@H]1O. The summed E-state index contributed by atoms with van der Waals surface area (Å²) in [4.78, 5) is 16.7. The first-order chi connectivity index (χ1) is 6.35. The van der Waals surface area contributed by atoms with Gasteiger partial charge in [0.05, 0.1) is 0 Å². The number of ether oxygens (including phenoxy) is 1. The first kappa shape index (κ1) is 12.0. The predicted molar refractivity (Wildman–Crippen MR) is 39.8 cm³/mol. The van der Waals surface area contributed by atoms with E-state index in [1.807, 2.05) is 0 Å². The lowest BCUT2D eigenvalue weighted by Gasteiger charge is -2.15. The van der Waals surface area contributed by atoms with E-state index in [9.17, 15) is 8.96 Å². The fourth-order valence-corrected chi connectivity index (χ4v) is 1.51. The third kappa shape index (κ3) is 2.71. The minimum Gasteiger partial charge on any atom is -0.387 e. The van der Waals surface area contributed by atoms with Gasteiger partial charge in [-0.3, -0.25) is 4.52 Å². The molecule has 0 aliphatic carbocycles. The molecule has 0 radical (unpaired) electrons. The van der Waals surface area contributed by atoms with Gasteiger partial charge in [0.25, 0.3) is 0 Å². The van der Waals surface area contributed by atoms with E-state index in [-0.39, 0.29) is 0 Å². The van der Waals surface area contributed by atoms with Crippen LogP contribution in [0.4, 0.5) is 4.39 Å². The molecule has 1 rings (SSSR count). The Balaban J connectivity index is 2.61. The topological polar surface area (TPSA) is 116 Å². The molecule has 0 bridgehead atoms. The van der Waals surface area contributed by atoms with Crippen molar-refractivity contribution in [2.75, 3.05) is 6.67 Å². The number of phosphoric acid groups is 1. The van der Waals surface area contributed by atoms with Gasteiger partial charge in [0.15, 0.2) is 6.29 Å². The van der Waals surface area contributed by atoms with Crippen molar-refractivity contribution in [1.29, 1.82) is 0 Å². The Morgan fingerprint density at radius 2 is 1.93 bits per heavy atom. The first-order valence-electron chi connectivity index (χ1n) is 3.66. The number of halogens is 1. The zero-order valence-electron chi connectivity index (χ0n) is 6.86. The number of hydrogen-bond acceptors (Lipinski definition) is 5. The molecule has 0 aromatic heterocycles. The molecule has 1 aliphatic heterocycles. The van der Waals surface area contributed by atoms with Crippen molar-refractivity contribution in [3.8, 4) is 0 Å². The molecule has 1 aliphatic rings. The van der Waals surface area contributed by atoms with E-state index in [4.69, 9.17) is 20.0 Å². The van der Waals surface area contributed by atoms with Crippen LogP contribution in [0.5, 0.6) is 0 Å². The highest BCUT2D eigenvalue weighted by atomic mass is 31.2. The lowest BCUT2D eigenvalue weighted by atomic mass is 10.1. The van der Waals surface area contributed by atoms with Crippen molar-refractivity contribution in [2.45, 2.75) is 24.6 Å². The molecular formula is C5H10FO7P. The summed E-state index contributed by atoms with van der Waals surface area (Å²) >= 11 is 0. The summed E-state index contributed by atoms with van der Waals surface area (Å²) in [7, 11) is -4.83. The standard InChI is InChI=1S/C5H10FO7P/c6-1-2-3(7)4(8)5(12-2)13-14(9,10)11/h2-5,7-8H,1H2,(H2,9,10,11)/t2-,3-,4-,5?/m1/s1. The molecule has 0 aromatic rings. The second kappa shape index (κ2) is 4.19. The van der Waals surface area contributed by atoms with E-state index in [1.165, 1.54) is 0 Å². The molecule has 0 amide bonds. The highest BCUT2D eigenvalue weighted by molar-refractivity contribution is 7.46. The number of aliphatic hydroxyl groups excluding tert-OH is 2. The smallest absolute Gasteiger partial charge is 0.387 e. The highest BCUT2D eigenvalue weighted by Crippen LogP contribution is 2.41. The molecule has 0 saturated carbocycles. The molecule has 14 heavy (non-hydrogen) atoms. The summed E-state index contributed by atoms with van der Waals surface area (Å²) in [5.41, 5.74) is 0. The minimum absolute atomic E-state index is 1.08. The Kier molecular flexibility index (Phi) is 3.59. The van der Waals surface area contributed by atoms with Crippen molar-refractivity contribution in [3.05, 3.63) is 0 Å². The van der Waals surface area contributed by atoms with E-state index in [1.54, 1.807) is 0 Å². The molecule has 84 valence electrons. The molecule has 1 fully saturated rings. The molecule has 4 N–H and O–H groups in total. The lowest BCUT2D eigenvalue weighted by molar-refractivity contribution is -0.122. The second-order valence-corrected chi connectivity index (χ2v) is 3.97. The second-order valence-electron chi connectivity index (χ2n) is 2.77. The average molecular weight is 232 g/mol. The van der Waals surface area contributed by atoms with Gasteiger partial charge in [0.2, 0.25) is 0 Å². The maximum Gasteiger partial charge on any atom is 0.472 e. The molecule has 1 unspecified atom stereocenters. The van der Waals surface area contributed by atoms with Crippen molar-refractivity contribution in [2.24, 2.45) is 0 Å². The van der Waals surface area contributed by atoms with Crippen molar-refractivity contribution >= 4 is 7.82 Å². The maximum atomic E-state index is 12.1. The van der Waals surface area contributed by atoms with Crippen LogP contribution in [0.2, 0.25) is 0 Å². The van der Waals surface area contributed by atoms with Gasteiger partial charge in [-0.1, -0.05) is 0 Å². The summed E-state index contributed by atoms with van der Waals surface area (Å²) in [5.74, 6) is 0. The van der Waals surface area contributed by atoms with Crippen LogP contribution in [-0.2, 0) is 13.8 Å². The normalized spacial score (nSPS) is 38.9. The molecule has 1 heterocycles. The fraction of sp³-hybridized carbons (Fsp3) is 1.00. The summed E-state index contributed by atoms with van der Waals surface area (Å²) < 4.78 is 30.9. The van der Waals surface area contributed by atoms with Gasteiger partial charge in [-0.05, 0) is 0 Å². The number of alkyl halides is 1. The zero-order chi connectivity index (χ0) is 10.9. The van der Waals surface area contributed by atoms with E-state index in [0.29, 0.717) is 0 Å². The maximum absolute atomic E-state index is 12.1.